The van der Waals surface area contributed by atoms with E-state index in [0.29, 0.717) is 13.1 Å². The van der Waals surface area contributed by atoms with Gasteiger partial charge >= 0.3 is 0 Å². The van der Waals surface area contributed by atoms with Gasteiger partial charge in [-0.2, -0.15) is 0 Å². The Labute approximate surface area is 132 Å². The summed E-state index contributed by atoms with van der Waals surface area (Å²) in [6.07, 6.45) is 2.39. The van der Waals surface area contributed by atoms with Gasteiger partial charge in [-0.05, 0) is 12.5 Å². The summed E-state index contributed by atoms with van der Waals surface area (Å²) < 4.78 is 0. The van der Waals surface area contributed by atoms with E-state index in [1.165, 1.54) is 5.56 Å². The third-order valence-electron chi connectivity index (χ3n) is 3.70. The van der Waals surface area contributed by atoms with Gasteiger partial charge in [0.2, 0.25) is 5.91 Å². The van der Waals surface area contributed by atoms with Crippen molar-refractivity contribution in [2.24, 2.45) is 11.1 Å². The van der Waals surface area contributed by atoms with Gasteiger partial charge in [-0.15, -0.1) is 6.58 Å². The molecule has 0 saturated heterocycles. The van der Waals surface area contributed by atoms with Gasteiger partial charge in [-0.3, -0.25) is 4.79 Å². The molecule has 0 radical (unpaired) electrons. The van der Waals surface area contributed by atoms with Crippen molar-refractivity contribution in [1.82, 2.24) is 4.90 Å². The molecule has 4 heteroatoms. The van der Waals surface area contributed by atoms with Gasteiger partial charge in [-0.1, -0.05) is 54.9 Å². The topological polar surface area (TPSA) is 41.9 Å². The molecule has 1 aromatic carbocycles. The lowest BCUT2D eigenvalue weighted by Gasteiger charge is -2.25. The molecule has 0 N–H and O–H groups in total. The standard InChI is InChI=1S/C18H24N2O2/c1-5-10-20(18(21)13(2)3)12-16-11-17(19-22-16)15-8-6-14(4)7-9-15/h5-9,13,16H,1,10-12H2,2-4H3/t16-/m1/s1. The van der Waals surface area contributed by atoms with E-state index < -0.39 is 0 Å². The highest BCUT2D eigenvalue weighted by Gasteiger charge is 2.27. The Bertz CT molecular complexity index is 561. The fourth-order valence-corrected chi connectivity index (χ4v) is 2.46. The molecular weight excluding hydrogens is 276 g/mol. The zero-order chi connectivity index (χ0) is 16.1. The van der Waals surface area contributed by atoms with Crippen molar-refractivity contribution in [1.29, 1.82) is 0 Å². The first kappa shape index (κ1) is 16.3. The summed E-state index contributed by atoms with van der Waals surface area (Å²) >= 11 is 0. The second-order valence-electron chi connectivity index (χ2n) is 6.02. The number of amides is 1. The molecule has 0 fully saturated rings. The number of benzene rings is 1. The van der Waals surface area contributed by atoms with Crippen LogP contribution in [0.5, 0.6) is 0 Å². The smallest absolute Gasteiger partial charge is 0.225 e. The Balaban J connectivity index is 1.97. The average molecular weight is 300 g/mol. The van der Waals surface area contributed by atoms with E-state index in [4.69, 9.17) is 4.84 Å². The van der Waals surface area contributed by atoms with E-state index in [0.717, 1.165) is 17.7 Å². The fourth-order valence-electron chi connectivity index (χ4n) is 2.46. The molecule has 1 aliphatic heterocycles. The first-order valence-electron chi connectivity index (χ1n) is 7.70. The maximum atomic E-state index is 12.2. The van der Waals surface area contributed by atoms with Crippen LogP contribution in [0.25, 0.3) is 0 Å². The second kappa shape index (κ2) is 7.25. The molecule has 1 atom stereocenters. The van der Waals surface area contributed by atoms with Gasteiger partial charge in [0.25, 0.3) is 0 Å². The van der Waals surface area contributed by atoms with Crippen molar-refractivity contribution in [3.05, 3.63) is 48.0 Å². The third kappa shape index (κ3) is 3.97. The summed E-state index contributed by atoms with van der Waals surface area (Å²) in [4.78, 5) is 19.5. The minimum absolute atomic E-state index is 0.0289. The molecule has 22 heavy (non-hydrogen) atoms. The molecule has 0 bridgehead atoms. The minimum Gasteiger partial charge on any atom is -0.390 e. The molecule has 0 saturated carbocycles. The molecule has 1 amide bonds. The van der Waals surface area contributed by atoms with Gasteiger partial charge in [-0.25, -0.2) is 0 Å². The summed E-state index contributed by atoms with van der Waals surface area (Å²) in [7, 11) is 0. The molecule has 0 spiro atoms. The molecule has 1 heterocycles. The second-order valence-corrected chi connectivity index (χ2v) is 6.02. The van der Waals surface area contributed by atoms with Crippen LogP contribution in [-0.4, -0.2) is 35.7 Å². The number of hydrogen-bond donors (Lipinski definition) is 0. The number of carbonyl (C=O) groups excluding carboxylic acids is 1. The number of rotatable bonds is 6. The molecule has 4 nitrogen and oxygen atoms in total. The predicted octanol–water partition coefficient (Wildman–Crippen LogP) is 3.16. The molecule has 118 valence electrons. The lowest BCUT2D eigenvalue weighted by molar-refractivity contribution is -0.135. The summed E-state index contributed by atoms with van der Waals surface area (Å²) in [5, 5.41) is 4.19. The Kier molecular flexibility index (Phi) is 5.36. The van der Waals surface area contributed by atoms with Gasteiger partial charge in [0.1, 0.15) is 0 Å². The number of hydrogen-bond acceptors (Lipinski definition) is 3. The van der Waals surface area contributed by atoms with Crippen molar-refractivity contribution in [2.75, 3.05) is 13.1 Å². The lowest BCUT2D eigenvalue weighted by Crippen LogP contribution is -2.40. The van der Waals surface area contributed by atoms with Crippen molar-refractivity contribution in [2.45, 2.75) is 33.3 Å². The van der Waals surface area contributed by atoms with Crippen LogP contribution < -0.4 is 0 Å². The Morgan fingerprint density at radius 1 is 1.45 bits per heavy atom. The van der Waals surface area contributed by atoms with E-state index in [2.05, 4.69) is 42.9 Å². The van der Waals surface area contributed by atoms with Crippen LogP contribution >= 0.6 is 0 Å². The van der Waals surface area contributed by atoms with Crippen LogP contribution in [0.3, 0.4) is 0 Å². The molecule has 0 aromatic heterocycles. The molecule has 0 unspecified atom stereocenters. The average Bonchev–Trinajstić information content (AvgIpc) is 2.95. The summed E-state index contributed by atoms with van der Waals surface area (Å²) in [5.74, 6) is 0.0890. The van der Waals surface area contributed by atoms with Gasteiger partial charge < -0.3 is 9.74 Å². The van der Waals surface area contributed by atoms with E-state index >= 15 is 0 Å². The van der Waals surface area contributed by atoms with Crippen LogP contribution in [0.4, 0.5) is 0 Å². The predicted molar refractivity (Wildman–Crippen MR) is 88.8 cm³/mol. The van der Waals surface area contributed by atoms with E-state index in [1.54, 1.807) is 11.0 Å². The highest BCUT2D eigenvalue weighted by atomic mass is 16.6. The highest BCUT2D eigenvalue weighted by molar-refractivity contribution is 6.01. The van der Waals surface area contributed by atoms with Crippen molar-refractivity contribution < 1.29 is 9.63 Å². The van der Waals surface area contributed by atoms with E-state index in [-0.39, 0.29) is 17.9 Å². The van der Waals surface area contributed by atoms with Crippen LogP contribution in [0.2, 0.25) is 0 Å². The first-order valence-corrected chi connectivity index (χ1v) is 7.70. The Morgan fingerprint density at radius 2 is 2.14 bits per heavy atom. The highest BCUT2D eigenvalue weighted by Crippen LogP contribution is 2.18. The summed E-state index contributed by atoms with van der Waals surface area (Å²) in [6.45, 7) is 10.7. The SMILES string of the molecule is C=CCN(C[C@H]1CC(c2ccc(C)cc2)=NO1)C(=O)C(C)C. The summed E-state index contributed by atoms with van der Waals surface area (Å²) in [5.41, 5.74) is 3.25. The van der Waals surface area contributed by atoms with E-state index in [1.807, 2.05) is 13.8 Å². The molecule has 2 rings (SSSR count). The largest absolute Gasteiger partial charge is 0.390 e. The van der Waals surface area contributed by atoms with Crippen molar-refractivity contribution in [3.8, 4) is 0 Å². The van der Waals surface area contributed by atoms with Crippen molar-refractivity contribution >= 4 is 11.6 Å². The monoisotopic (exact) mass is 300 g/mol. The fraction of sp³-hybridized carbons (Fsp3) is 0.444. The quantitative estimate of drug-likeness (QED) is 0.757. The van der Waals surface area contributed by atoms with E-state index in [9.17, 15) is 4.79 Å². The number of carbonyl (C=O) groups is 1. The van der Waals surface area contributed by atoms with Crippen LogP contribution in [-0.2, 0) is 9.63 Å². The maximum Gasteiger partial charge on any atom is 0.225 e. The zero-order valence-electron chi connectivity index (χ0n) is 13.6. The zero-order valence-corrected chi connectivity index (χ0v) is 13.6. The number of aryl methyl sites for hydroxylation is 1. The molecule has 0 aliphatic carbocycles. The Hall–Kier alpha value is -2.10. The Morgan fingerprint density at radius 3 is 2.73 bits per heavy atom. The lowest BCUT2D eigenvalue weighted by atomic mass is 10.0. The minimum atomic E-state index is -0.0843. The maximum absolute atomic E-state index is 12.2. The third-order valence-corrected chi connectivity index (χ3v) is 3.70. The van der Waals surface area contributed by atoms with Crippen LogP contribution in [0, 0.1) is 12.8 Å². The van der Waals surface area contributed by atoms with Crippen LogP contribution in [0.1, 0.15) is 31.4 Å². The van der Waals surface area contributed by atoms with Gasteiger partial charge in [0.05, 0.1) is 12.3 Å². The van der Waals surface area contributed by atoms with Crippen LogP contribution in [0.15, 0.2) is 42.1 Å². The summed E-state index contributed by atoms with van der Waals surface area (Å²) in [6, 6.07) is 8.25. The number of nitrogens with zero attached hydrogens (tertiary/aromatic N) is 2. The molecular formula is C18H24N2O2. The first-order chi connectivity index (χ1) is 10.5. The molecule has 1 aliphatic rings. The van der Waals surface area contributed by atoms with Gasteiger partial charge in [0, 0.05) is 18.9 Å². The normalized spacial score (nSPS) is 17.1. The van der Waals surface area contributed by atoms with Gasteiger partial charge in [0.15, 0.2) is 6.10 Å². The molecule has 1 aromatic rings. The number of oxime groups is 1. The van der Waals surface area contributed by atoms with Crippen molar-refractivity contribution in [3.63, 3.8) is 0 Å².